The molecule has 0 aliphatic heterocycles. The summed E-state index contributed by atoms with van der Waals surface area (Å²) in [6.07, 6.45) is 5.20. The molecular formula is C9H14N2. The van der Waals surface area contributed by atoms with Crippen molar-refractivity contribution in [3.05, 3.63) is 24.0 Å². The summed E-state index contributed by atoms with van der Waals surface area (Å²) in [5, 5.41) is 0. The molecule has 0 aliphatic carbocycles. The molecule has 1 rings (SSSR count). The van der Waals surface area contributed by atoms with E-state index in [2.05, 4.69) is 11.9 Å². The third kappa shape index (κ3) is 2.58. The number of hydrogen-bond acceptors (Lipinski definition) is 2. The van der Waals surface area contributed by atoms with Crippen molar-refractivity contribution in [2.45, 2.75) is 26.2 Å². The largest absolute Gasteiger partial charge is 0.399 e. The van der Waals surface area contributed by atoms with Gasteiger partial charge in [-0.15, -0.1) is 0 Å². The molecule has 1 aromatic heterocycles. The minimum Gasteiger partial charge on any atom is -0.399 e. The zero-order valence-electron chi connectivity index (χ0n) is 6.88. The zero-order valence-corrected chi connectivity index (χ0v) is 6.88. The molecule has 1 aromatic rings. The van der Waals surface area contributed by atoms with Gasteiger partial charge in [-0.1, -0.05) is 13.3 Å². The van der Waals surface area contributed by atoms with E-state index in [4.69, 9.17) is 5.73 Å². The first kappa shape index (κ1) is 8.05. The maximum Gasteiger partial charge on any atom is 0.0424 e. The molecule has 0 bridgehead atoms. The lowest BCUT2D eigenvalue weighted by Gasteiger charge is -1.98. The van der Waals surface area contributed by atoms with Crippen LogP contribution >= 0.6 is 0 Å². The zero-order chi connectivity index (χ0) is 8.10. The topological polar surface area (TPSA) is 38.9 Å². The van der Waals surface area contributed by atoms with Crippen LogP contribution < -0.4 is 5.73 Å². The normalized spacial score (nSPS) is 9.91. The second kappa shape index (κ2) is 3.96. The van der Waals surface area contributed by atoms with Crippen LogP contribution in [0.1, 0.15) is 25.5 Å². The number of aromatic nitrogens is 1. The molecule has 0 saturated heterocycles. The summed E-state index contributed by atoms with van der Waals surface area (Å²) >= 11 is 0. The number of rotatable bonds is 3. The van der Waals surface area contributed by atoms with Crippen molar-refractivity contribution < 1.29 is 0 Å². The van der Waals surface area contributed by atoms with Gasteiger partial charge in [0.05, 0.1) is 0 Å². The highest BCUT2D eigenvalue weighted by Crippen LogP contribution is 2.05. The third-order valence-corrected chi connectivity index (χ3v) is 1.63. The first-order valence-corrected chi connectivity index (χ1v) is 4.03. The van der Waals surface area contributed by atoms with E-state index in [0.29, 0.717) is 0 Å². The van der Waals surface area contributed by atoms with Crippen LogP contribution in [0, 0.1) is 0 Å². The number of unbranched alkanes of at least 4 members (excludes halogenated alkanes) is 1. The van der Waals surface area contributed by atoms with Crippen LogP contribution in [-0.2, 0) is 6.42 Å². The molecule has 0 atom stereocenters. The fraction of sp³-hybridized carbons (Fsp3) is 0.444. The molecule has 1 heterocycles. The second-order valence-electron chi connectivity index (χ2n) is 2.68. The highest BCUT2D eigenvalue weighted by atomic mass is 14.7. The molecule has 2 nitrogen and oxygen atoms in total. The molecule has 0 aromatic carbocycles. The first-order chi connectivity index (χ1) is 5.33. The number of nitrogen functional groups attached to an aromatic ring is 1. The molecule has 11 heavy (non-hydrogen) atoms. The molecule has 0 aliphatic rings. The summed E-state index contributed by atoms with van der Waals surface area (Å²) in [6.45, 7) is 2.17. The summed E-state index contributed by atoms with van der Waals surface area (Å²) in [7, 11) is 0. The van der Waals surface area contributed by atoms with E-state index in [-0.39, 0.29) is 0 Å². The second-order valence-corrected chi connectivity index (χ2v) is 2.68. The number of hydrogen-bond donors (Lipinski definition) is 1. The molecule has 2 N–H and O–H groups in total. The highest BCUT2D eigenvalue weighted by molar-refractivity contribution is 5.37. The van der Waals surface area contributed by atoms with Crippen LogP contribution in [0.4, 0.5) is 5.69 Å². The molecule has 0 amide bonds. The Kier molecular flexibility index (Phi) is 2.90. The predicted octanol–water partition coefficient (Wildman–Crippen LogP) is 2.01. The van der Waals surface area contributed by atoms with Gasteiger partial charge in [0.25, 0.3) is 0 Å². The lowest BCUT2D eigenvalue weighted by atomic mass is 10.2. The van der Waals surface area contributed by atoms with E-state index in [9.17, 15) is 0 Å². The number of anilines is 1. The van der Waals surface area contributed by atoms with Crippen molar-refractivity contribution in [1.29, 1.82) is 0 Å². The molecule has 0 fully saturated rings. The van der Waals surface area contributed by atoms with E-state index in [0.717, 1.165) is 17.8 Å². The van der Waals surface area contributed by atoms with E-state index in [1.165, 1.54) is 12.8 Å². The smallest absolute Gasteiger partial charge is 0.0424 e. The Bertz CT molecular complexity index is 221. The Hall–Kier alpha value is -1.05. The van der Waals surface area contributed by atoms with Crippen molar-refractivity contribution in [1.82, 2.24) is 4.98 Å². The van der Waals surface area contributed by atoms with Crippen LogP contribution in [0.2, 0.25) is 0 Å². The van der Waals surface area contributed by atoms with E-state index in [1.807, 2.05) is 12.1 Å². The lowest BCUT2D eigenvalue weighted by molar-refractivity contribution is 0.777. The molecule has 0 radical (unpaired) electrons. The Morgan fingerprint density at radius 1 is 1.55 bits per heavy atom. The van der Waals surface area contributed by atoms with Gasteiger partial charge in [0.1, 0.15) is 0 Å². The Balaban J connectivity index is 2.56. The fourth-order valence-corrected chi connectivity index (χ4v) is 0.991. The van der Waals surface area contributed by atoms with Gasteiger partial charge < -0.3 is 5.73 Å². The Morgan fingerprint density at radius 2 is 2.36 bits per heavy atom. The quantitative estimate of drug-likeness (QED) is 0.715. The van der Waals surface area contributed by atoms with Gasteiger partial charge in [0.15, 0.2) is 0 Å². The molecule has 60 valence electrons. The maximum atomic E-state index is 5.59. The maximum absolute atomic E-state index is 5.59. The van der Waals surface area contributed by atoms with Crippen LogP contribution in [0.25, 0.3) is 0 Å². The van der Waals surface area contributed by atoms with Crippen LogP contribution in [0.3, 0.4) is 0 Å². The van der Waals surface area contributed by atoms with Crippen molar-refractivity contribution >= 4 is 5.69 Å². The number of nitrogens with zero attached hydrogens (tertiary/aromatic N) is 1. The average molecular weight is 150 g/mol. The Labute approximate surface area is 67.5 Å². The van der Waals surface area contributed by atoms with Crippen molar-refractivity contribution in [3.8, 4) is 0 Å². The van der Waals surface area contributed by atoms with Gasteiger partial charge in [-0.2, -0.15) is 0 Å². The van der Waals surface area contributed by atoms with E-state index >= 15 is 0 Å². The van der Waals surface area contributed by atoms with E-state index < -0.39 is 0 Å². The van der Waals surface area contributed by atoms with Gasteiger partial charge in [0.2, 0.25) is 0 Å². The first-order valence-electron chi connectivity index (χ1n) is 4.03. The van der Waals surface area contributed by atoms with Crippen LogP contribution in [0.5, 0.6) is 0 Å². The lowest BCUT2D eigenvalue weighted by Crippen LogP contribution is -1.92. The number of nitrogens with two attached hydrogens (primary N) is 1. The molecule has 0 spiro atoms. The number of aryl methyl sites for hydroxylation is 1. The van der Waals surface area contributed by atoms with Crippen LogP contribution in [0.15, 0.2) is 18.3 Å². The minimum absolute atomic E-state index is 0.811. The van der Waals surface area contributed by atoms with Gasteiger partial charge in [-0.25, -0.2) is 0 Å². The highest BCUT2D eigenvalue weighted by Gasteiger charge is 1.92. The van der Waals surface area contributed by atoms with Crippen molar-refractivity contribution in [2.24, 2.45) is 0 Å². The summed E-state index contributed by atoms with van der Waals surface area (Å²) in [5.74, 6) is 0. The fourth-order valence-electron chi connectivity index (χ4n) is 0.991. The van der Waals surface area contributed by atoms with Gasteiger partial charge >= 0.3 is 0 Å². The molecular weight excluding hydrogens is 136 g/mol. The third-order valence-electron chi connectivity index (χ3n) is 1.63. The molecule has 0 unspecified atom stereocenters. The van der Waals surface area contributed by atoms with Gasteiger partial charge in [0, 0.05) is 17.6 Å². The van der Waals surface area contributed by atoms with Crippen molar-refractivity contribution in [3.63, 3.8) is 0 Å². The number of pyridine rings is 1. The summed E-state index contributed by atoms with van der Waals surface area (Å²) in [5.41, 5.74) is 7.51. The summed E-state index contributed by atoms with van der Waals surface area (Å²) < 4.78 is 0. The van der Waals surface area contributed by atoms with E-state index in [1.54, 1.807) is 6.20 Å². The minimum atomic E-state index is 0.811. The van der Waals surface area contributed by atoms with Crippen molar-refractivity contribution in [2.75, 3.05) is 5.73 Å². The Morgan fingerprint density at radius 3 is 3.00 bits per heavy atom. The predicted molar refractivity (Wildman–Crippen MR) is 47.3 cm³/mol. The average Bonchev–Trinajstić information content (AvgIpc) is 2.01. The summed E-state index contributed by atoms with van der Waals surface area (Å²) in [4.78, 5) is 4.20. The van der Waals surface area contributed by atoms with Crippen LogP contribution in [-0.4, -0.2) is 4.98 Å². The van der Waals surface area contributed by atoms with Gasteiger partial charge in [-0.05, 0) is 25.0 Å². The summed E-state index contributed by atoms with van der Waals surface area (Å²) in [6, 6.07) is 3.76. The SMILES string of the molecule is CCCCc1cc(N)ccn1. The van der Waals surface area contributed by atoms with Gasteiger partial charge in [-0.3, -0.25) is 4.98 Å². The monoisotopic (exact) mass is 150 g/mol. The molecule has 2 heteroatoms. The molecule has 0 saturated carbocycles. The standard InChI is InChI=1S/C9H14N2/c1-2-3-4-9-7-8(10)5-6-11-9/h5-7H,2-4H2,1H3,(H2,10,11).